The number of azo groups is 4. The van der Waals surface area contributed by atoms with Crippen LogP contribution >= 0.6 is 0 Å². The van der Waals surface area contributed by atoms with Crippen LogP contribution in [0.3, 0.4) is 0 Å². The number of nitrogens with two attached hydrogens (primary N) is 3. The molecule has 1 amide bonds. The van der Waals surface area contributed by atoms with Crippen LogP contribution in [-0.2, 0) is 62.4 Å². The van der Waals surface area contributed by atoms with Crippen LogP contribution in [-0.4, -0.2) is 69.1 Å². The number of carbonyl (C=O) groups is 1. The molecule has 424 valence electrons. The second kappa shape index (κ2) is 29.8. The molecule has 0 bridgehead atoms. The second-order valence-corrected chi connectivity index (χ2v) is 22.5. The summed E-state index contributed by atoms with van der Waals surface area (Å²) in [6.45, 7) is 1.22. The average Bonchev–Trinajstić information content (AvgIpc) is 3.38. The zero-order valence-electron chi connectivity index (χ0n) is 44.2. The summed E-state index contributed by atoms with van der Waals surface area (Å²) in [5.41, 5.74) is 3.97. The average molecular weight is 1300 g/mol. The maximum Gasteiger partial charge on any atom is 1.00 e. The van der Waals surface area contributed by atoms with E-state index in [2.05, 4.69) is 46.2 Å². The first-order valence-corrected chi connectivity index (χ1v) is 28.1. The molecule has 0 aliphatic rings. The van der Waals surface area contributed by atoms with Gasteiger partial charge in [0.1, 0.15) is 44.1 Å². The summed E-state index contributed by atoms with van der Waals surface area (Å²) in [5.74, 6) is -4.29. The Labute approximate surface area is 559 Å². The van der Waals surface area contributed by atoms with Crippen molar-refractivity contribution in [2.45, 2.75) is 26.5 Å². The number of phenols is 3. The molecular weight excluding hydrogens is 1270 g/mol. The molecule has 0 spiro atoms. The molecule has 13 N–H and O–H groups in total. The van der Waals surface area contributed by atoms with Crippen LogP contribution in [0.4, 0.5) is 51.2 Å². The number of aliphatic hydroxyl groups excluding tert-OH is 1. The van der Waals surface area contributed by atoms with Gasteiger partial charge in [0.05, 0.1) is 38.2 Å². The largest absolute Gasteiger partial charge is 1.00 e. The van der Waals surface area contributed by atoms with E-state index in [1.807, 2.05) is 0 Å². The van der Waals surface area contributed by atoms with Crippen molar-refractivity contribution in [3.63, 3.8) is 0 Å². The third-order valence-electron chi connectivity index (χ3n) is 10.8. The van der Waals surface area contributed by atoms with E-state index in [9.17, 15) is 78.2 Å². The molecule has 29 nitrogen and oxygen atoms in total. The SMILES string of the molecule is C/C(O)=C(/N=Nc1ccc2c([O-])c(N=Nc3cc(S(N)(=O)=O)ccc3[O-])c(S(=O)(=O)O)cc2c1)C(=O)Nc1ccccc1.Nc1cc(O)ccc1N=Nc1ccc2c(O)c(N=Nc3cc(S(N)(=O)=O)ccc3O)c(S(=O)(=O)O)cc2c1.[Cr].[Na+].[Na+].[Na+]. The van der Waals surface area contributed by atoms with Crippen molar-refractivity contribution >= 4 is 119 Å². The summed E-state index contributed by atoms with van der Waals surface area (Å²) in [6.07, 6.45) is 0. The van der Waals surface area contributed by atoms with Crippen molar-refractivity contribution in [2.24, 2.45) is 51.2 Å². The van der Waals surface area contributed by atoms with Crippen LogP contribution in [0.1, 0.15) is 6.92 Å². The zero-order valence-corrected chi connectivity index (χ0v) is 54.8. The first kappa shape index (κ1) is 72.9. The van der Waals surface area contributed by atoms with Crippen molar-refractivity contribution in [1.82, 2.24) is 0 Å². The molecule has 85 heavy (non-hydrogen) atoms. The number of rotatable bonds is 14. The Balaban J connectivity index is 0.000000428. The summed E-state index contributed by atoms with van der Waals surface area (Å²) in [5, 5.41) is 108. The Bertz CT molecular complexity index is 4530. The van der Waals surface area contributed by atoms with Gasteiger partial charge in [-0.3, -0.25) is 13.9 Å². The van der Waals surface area contributed by atoms with Crippen molar-refractivity contribution in [3.05, 3.63) is 145 Å². The van der Waals surface area contributed by atoms with Crippen LogP contribution < -0.4 is 120 Å². The number of nitrogens with one attached hydrogen (secondary N) is 1. The summed E-state index contributed by atoms with van der Waals surface area (Å²) in [6, 6.07) is 27.7. The van der Waals surface area contributed by atoms with E-state index in [-0.39, 0.29) is 156 Å². The predicted octanol–water partition coefficient (Wildman–Crippen LogP) is -0.918. The maximum atomic E-state index is 13.2. The molecule has 0 saturated heterocycles. The summed E-state index contributed by atoms with van der Waals surface area (Å²) in [7, 11) is -18.4. The first-order chi connectivity index (χ1) is 37.9. The van der Waals surface area contributed by atoms with Crippen LogP contribution in [0.2, 0.25) is 0 Å². The van der Waals surface area contributed by atoms with E-state index in [4.69, 9.17) is 16.0 Å². The van der Waals surface area contributed by atoms with Gasteiger partial charge >= 0.3 is 88.7 Å². The number of carbonyl (C=O) groups excluding carboxylic acids is 1. The van der Waals surface area contributed by atoms with Crippen molar-refractivity contribution in [2.75, 3.05) is 11.1 Å². The Kier molecular flexibility index (Phi) is 25.6. The first-order valence-electron chi connectivity index (χ1n) is 22.1. The molecule has 0 aliphatic heterocycles. The minimum Gasteiger partial charge on any atom is -0.871 e. The third-order valence-corrected chi connectivity index (χ3v) is 14.4. The van der Waals surface area contributed by atoms with Crippen molar-refractivity contribution in [3.8, 4) is 28.7 Å². The van der Waals surface area contributed by atoms with Gasteiger partial charge in [-0.15, -0.1) is 25.6 Å². The number of aromatic hydroxyl groups is 3. The van der Waals surface area contributed by atoms with E-state index in [1.165, 1.54) is 61.5 Å². The molecule has 0 aromatic heterocycles. The molecular formula is C48H38CrN12Na3O17S4+. The summed E-state index contributed by atoms with van der Waals surface area (Å²) >= 11 is 0. The maximum absolute atomic E-state index is 13.2. The Morgan fingerprint density at radius 3 is 1.62 bits per heavy atom. The number of primary sulfonamides is 2. The van der Waals surface area contributed by atoms with Gasteiger partial charge < -0.3 is 41.7 Å². The number of nitrogens with zero attached hydrogens (tertiary/aromatic N) is 8. The summed E-state index contributed by atoms with van der Waals surface area (Å²) in [4.78, 5) is 9.90. The van der Waals surface area contributed by atoms with Gasteiger partial charge in [0.15, 0.2) is 11.4 Å². The molecule has 37 heteroatoms. The molecule has 0 aliphatic carbocycles. The van der Waals surface area contributed by atoms with Crippen molar-refractivity contribution in [1.29, 1.82) is 0 Å². The van der Waals surface area contributed by atoms with Gasteiger partial charge in [0, 0.05) is 34.5 Å². The fraction of sp³-hybridized carbons (Fsp3) is 0.0208. The zero-order chi connectivity index (χ0) is 59.4. The third kappa shape index (κ3) is 18.6. The van der Waals surface area contributed by atoms with Gasteiger partial charge in [0.25, 0.3) is 26.1 Å². The number of nitrogen functional groups attached to an aromatic ring is 1. The van der Waals surface area contributed by atoms with Gasteiger partial charge in [-0.1, -0.05) is 41.8 Å². The molecule has 8 aromatic carbocycles. The van der Waals surface area contributed by atoms with Crippen LogP contribution in [0.5, 0.6) is 28.7 Å². The van der Waals surface area contributed by atoms with Gasteiger partial charge in [-0.2, -0.15) is 32.2 Å². The van der Waals surface area contributed by atoms with Crippen LogP contribution in [0, 0.1) is 0 Å². The molecule has 8 rings (SSSR count). The minimum absolute atomic E-state index is 0. The minimum atomic E-state index is -5.08. The number of anilines is 2. The van der Waals surface area contributed by atoms with E-state index in [1.54, 1.807) is 30.3 Å². The van der Waals surface area contributed by atoms with E-state index in [0.717, 1.165) is 48.5 Å². The Morgan fingerprint density at radius 2 is 1.06 bits per heavy atom. The van der Waals surface area contributed by atoms with Gasteiger partial charge in [0.2, 0.25) is 20.0 Å². The Morgan fingerprint density at radius 1 is 0.553 bits per heavy atom. The van der Waals surface area contributed by atoms with Crippen molar-refractivity contribution < 1.29 is 184 Å². The number of sulfonamides is 2. The predicted molar refractivity (Wildman–Crippen MR) is 285 cm³/mol. The van der Waals surface area contributed by atoms with Crippen LogP contribution in [0.25, 0.3) is 21.5 Å². The number of fused-ring (bicyclic) bond motifs is 2. The fourth-order valence-electron chi connectivity index (χ4n) is 6.94. The number of phenolic OH excluding ortho intramolecular Hbond substituents is 3. The molecule has 8 aromatic rings. The second-order valence-electron chi connectivity index (χ2n) is 16.6. The smallest absolute Gasteiger partial charge is 0.871 e. The number of amides is 1. The Hall–Kier alpha value is -6.34. The number of allylic oxidation sites excluding steroid dienone is 1. The molecule has 0 radical (unpaired) electrons. The normalized spacial score (nSPS) is 12.2. The number of aliphatic hydroxyl groups is 1. The van der Waals surface area contributed by atoms with Gasteiger partial charge in [-0.05, 0) is 120 Å². The number of benzene rings is 8. The molecule has 0 unspecified atom stereocenters. The number of para-hydroxylation sites is 1. The fourth-order valence-corrected chi connectivity index (χ4v) is 9.32. The topological polar surface area (TPSA) is 510 Å². The van der Waals surface area contributed by atoms with Gasteiger partial charge in [-0.25, -0.2) is 27.1 Å². The summed E-state index contributed by atoms with van der Waals surface area (Å²) < 4.78 is 114. The standard InChI is InChI=1S/C26H22N6O9S2.C22H18N6O8S2.Cr.3Na/c1-14(33)23(26(36)28-16-5-3-2-4-6-16)31-29-17-7-9-19-15(11-17)12-22(43(39,40)41)24(25(19)35)32-30-20-13-18(42(27,37)38)8-10-21(20)34;23-16-9-13(29)2-5-17(16)26-25-12-1-4-15-11(7-12)8-20(38(34,35)36)21(22(15)31)28-27-18-10-14(37(24,32)33)3-6-19(18)30;;;;/h2-13,33-35H,1H3,(H,28,36)(H2,27,37,38)(H,39,40,41);1-10,29-31H,23H2,(H2,24,32,33)(H,34,35,36);;;;/q;;;3*+1/p-2/b23-14-,31-29?,32-30?;;;;;. The van der Waals surface area contributed by atoms with Crippen LogP contribution in [0.15, 0.2) is 205 Å². The molecule has 0 atom stereocenters. The number of hydrogen-bond acceptors (Lipinski definition) is 24. The number of hydrogen-bond donors (Lipinski definition) is 10. The van der Waals surface area contributed by atoms with E-state index >= 15 is 0 Å². The quantitative estimate of drug-likeness (QED) is 0.0157. The van der Waals surface area contributed by atoms with E-state index < -0.39 is 123 Å². The molecule has 0 heterocycles. The molecule has 0 fully saturated rings. The van der Waals surface area contributed by atoms with E-state index in [0.29, 0.717) is 5.69 Å². The molecule has 0 saturated carbocycles. The monoisotopic (exact) mass is 1300 g/mol.